The van der Waals surface area contributed by atoms with E-state index in [9.17, 15) is 9.90 Å². The maximum absolute atomic E-state index is 11.6. The molecule has 1 aromatic rings. The van der Waals surface area contributed by atoms with E-state index in [1.807, 2.05) is 0 Å². The lowest BCUT2D eigenvalue weighted by Crippen LogP contribution is -2.09. The van der Waals surface area contributed by atoms with Gasteiger partial charge in [-0.3, -0.25) is 0 Å². The number of nitrogens with zero attached hydrogens (tertiary/aromatic N) is 2. The predicted octanol–water partition coefficient (Wildman–Crippen LogP) is 3.35. The molecule has 1 N–H and O–H groups in total. The second-order valence-electron chi connectivity index (χ2n) is 3.55. The number of rotatable bonds is 6. The first-order valence-electron chi connectivity index (χ1n) is 5.83. The molecule has 0 heterocycles. The fraction of sp³-hybridized carbons (Fsp3) is 0.308. The monoisotopic (exact) mass is 298 g/mol. The highest BCUT2D eigenvalue weighted by Gasteiger charge is 2.15. The summed E-state index contributed by atoms with van der Waals surface area (Å²) in [5.41, 5.74) is 0.188. The molecular formula is C13H15ClN2O4. The third kappa shape index (κ3) is 4.55. The Balaban J connectivity index is 2.94. The molecule has 0 fully saturated rings. The number of hydrogen-bond acceptors (Lipinski definition) is 6. The van der Waals surface area contributed by atoms with Crippen molar-refractivity contribution in [3.8, 4) is 5.75 Å². The van der Waals surface area contributed by atoms with E-state index in [1.165, 1.54) is 0 Å². The zero-order valence-corrected chi connectivity index (χ0v) is 11.9. The molecule has 108 valence electrons. The maximum Gasteiger partial charge on any atom is 0.362 e. The van der Waals surface area contributed by atoms with Gasteiger partial charge in [-0.25, -0.2) is 4.79 Å². The van der Waals surface area contributed by atoms with Gasteiger partial charge >= 0.3 is 5.97 Å². The Hall–Kier alpha value is -2.08. The van der Waals surface area contributed by atoms with E-state index in [0.29, 0.717) is 11.4 Å². The summed E-state index contributed by atoms with van der Waals surface area (Å²) >= 11 is 5.48. The predicted molar refractivity (Wildman–Crippen MR) is 74.5 cm³/mol. The molecule has 0 aromatic heterocycles. The van der Waals surface area contributed by atoms with Crippen LogP contribution in [0.25, 0.3) is 0 Å². The van der Waals surface area contributed by atoms with E-state index >= 15 is 0 Å². The van der Waals surface area contributed by atoms with E-state index in [-0.39, 0.29) is 23.9 Å². The van der Waals surface area contributed by atoms with E-state index in [0.717, 1.165) is 0 Å². The summed E-state index contributed by atoms with van der Waals surface area (Å²) in [7, 11) is 1.55. The molecule has 0 saturated carbocycles. The fourth-order valence-corrected chi connectivity index (χ4v) is 1.36. The van der Waals surface area contributed by atoms with Gasteiger partial charge in [-0.05, 0) is 31.2 Å². The highest BCUT2D eigenvalue weighted by Crippen LogP contribution is 2.19. The number of benzene rings is 1. The summed E-state index contributed by atoms with van der Waals surface area (Å²) in [6.45, 7) is 1.81. The average molecular weight is 299 g/mol. The van der Waals surface area contributed by atoms with Crippen molar-refractivity contribution in [1.82, 2.24) is 0 Å². The second-order valence-corrected chi connectivity index (χ2v) is 3.81. The number of allylic oxidation sites excluding steroid dienone is 1. The molecule has 1 rings (SSSR count). The van der Waals surface area contributed by atoms with Crippen molar-refractivity contribution in [1.29, 1.82) is 0 Å². The van der Waals surface area contributed by atoms with Crippen molar-refractivity contribution in [3.63, 3.8) is 0 Å². The number of carbonyl (C=O) groups excluding carboxylic acids is 1. The van der Waals surface area contributed by atoms with Gasteiger partial charge in [0, 0.05) is 0 Å². The first-order valence-corrected chi connectivity index (χ1v) is 6.36. The van der Waals surface area contributed by atoms with Crippen LogP contribution >= 0.6 is 11.6 Å². The molecule has 0 aliphatic rings. The number of aliphatic hydroxyl groups is 1. The zero-order chi connectivity index (χ0) is 15.0. The fourth-order valence-electron chi connectivity index (χ4n) is 1.24. The minimum atomic E-state index is -0.775. The number of carbonyl (C=O) groups is 1. The first kappa shape index (κ1) is 16.0. The molecule has 7 heteroatoms. The van der Waals surface area contributed by atoms with E-state index in [2.05, 4.69) is 10.2 Å². The Labute approximate surface area is 121 Å². The lowest BCUT2D eigenvalue weighted by Gasteiger charge is -2.03. The minimum absolute atomic E-state index is 0.163. The summed E-state index contributed by atoms with van der Waals surface area (Å²) in [6, 6.07) is 6.71. The standard InChI is InChI=1S/C13H15ClN2O4/c1-3-20-13(18)12(11(17)8-14)16-15-9-4-6-10(19-2)7-5-9/h4-7,17H,3,8H2,1-2H3. The van der Waals surface area contributed by atoms with Crippen molar-refractivity contribution < 1.29 is 19.4 Å². The molecule has 0 bridgehead atoms. The molecule has 0 aliphatic carbocycles. The highest BCUT2D eigenvalue weighted by molar-refractivity contribution is 6.19. The number of aliphatic hydroxyl groups excluding tert-OH is 1. The molecule has 0 aliphatic heterocycles. The van der Waals surface area contributed by atoms with Gasteiger partial charge in [-0.15, -0.1) is 16.7 Å². The molecule has 0 unspecified atom stereocenters. The van der Waals surface area contributed by atoms with E-state index in [4.69, 9.17) is 21.1 Å². The molecule has 20 heavy (non-hydrogen) atoms. The smallest absolute Gasteiger partial charge is 0.362 e. The molecule has 0 spiro atoms. The van der Waals surface area contributed by atoms with Crippen molar-refractivity contribution in [2.45, 2.75) is 6.92 Å². The SMILES string of the molecule is CCOC(=O)C(N=Nc1ccc(OC)cc1)=C(O)CCl. The summed E-state index contributed by atoms with van der Waals surface area (Å²) in [6.07, 6.45) is 0. The third-order valence-electron chi connectivity index (χ3n) is 2.21. The Morgan fingerprint density at radius 3 is 2.50 bits per heavy atom. The lowest BCUT2D eigenvalue weighted by molar-refractivity contribution is -0.138. The Morgan fingerprint density at radius 2 is 2.00 bits per heavy atom. The molecule has 1 aromatic carbocycles. The Bertz CT molecular complexity index is 512. The van der Waals surface area contributed by atoms with Gasteiger partial charge in [0.2, 0.25) is 5.70 Å². The van der Waals surface area contributed by atoms with Gasteiger partial charge in [-0.1, -0.05) is 0 Å². The van der Waals surface area contributed by atoms with Crippen LogP contribution in [-0.4, -0.2) is 30.7 Å². The molecule has 0 amide bonds. The summed E-state index contributed by atoms with van der Waals surface area (Å²) in [5.74, 6) is -0.741. The van der Waals surface area contributed by atoms with Crippen LogP contribution in [0.1, 0.15) is 6.92 Å². The third-order valence-corrected chi connectivity index (χ3v) is 2.46. The van der Waals surface area contributed by atoms with E-state index in [1.54, 1.807) is 38.3 Å². The van der Waals surface area contributed by atoms with Crippen LogP contribution in [0.5, 0.6) is 5.75 Å². The number of azo groups is 1. The number of halogens is 1. The normalized spacial score (nSPS) is 12.2. The summed E-state index contributed by atoms with van der Waals surface area (Å²) in [5, 5.41) is 17.1. The molecule has 0 saturated heterocycles. The number of ether oxygens (including phenoxy) is 2. The number of methoxy groups -OCH3 is 1. The zero-order valence-electron chi connectivity index (χ0n) is 11.2. The molecule has 0 atom stereocenters. The number of alkyl halides is 1. The number of esters is 1. The molecular weight excluding hydrogens is 284 g/mol. The number of hydrogen-bond donors (Lipinski definition) is 1. The minimum Gasteiger partial charge on any atom is -0.508 e. The first-order chi connectivity index (χ1) is 9.62. The van der Waals surface area contributed by atoms with Gasteiger partial charge in [0.15, 0.2) is 0 Å². The molecule has 0 radical (unpaired) electrons. The lowest BCUT2D eigenvalue weighted by atomic mass is 10.3. The van der Waals surface area contributed by atoms with Gasteiger partial charge in [0.05, 0.1) is 25.3 Å². The largest absolute Gasteiger partial charge is 0.508 e. The quantitative estimate of drug-likeness (QED) is 0.287. The Morgan fingerprint density at radius 1 is 1.35 bits per heavy atom. The van der Waals surface area contributed by atoms with Gasteiger partial charge < -0.3 is 14.6 Å². The van der Waals surface area contributed by atoms with Gasteiger partial charge in [0.1, 0.15) is 11.5 Å². The second kappa shape index (κ2) is 8.16. The topological polar surface area (TPSA) is 80.5 Å². The van der Waals surface area contributed by atoms with E-state index < -0.39 is 5.97 Å². The van der Waals surface area contributed by atoms with Crippen LogP contribution < -0.4 is 4.74 Å². The van der Waals surface area contributed by atoms with Crippen LogP contribution in [0.3, 0.4) is 0 Å². The van der Waals surface area contributed by atoms with Crippen LogP contribution in [0, 0.1) is 0 Å². The van der Waals surface area contributed by atoms with Gasteiger partial charge in [0.25, 0.3) is 0 Å². The van der Waals surface area contributed by atoms with Crippen molar-refractivity contribution in [3.05, 3.63) is 35.7 Å². The average Bonchev–Trinajstić information content (AvgIpc) is 2.48. The highest BCUT2D eigenvalue weighted by atomic mass is 35.5. The summed E-state index contributed by atoms with van der Waals surface area (Å²) in [4.78, 5) is 11.6. The van der Waals surface area contributed by atoms with Crippen LogP contribution in [0.4, 0.5) is 5.69 Å². The van der Waals surface area contributed by atoms with Crippen LogP contribution in [0.2, 0.25) is 0 Å². The van der Waals surface area contributed by atoms with Crippen molar-refractivity contribution in [2.75, 3.05) is 19.6 Å². The van der Waals surface area contributed by atoms with Crippen LogP contribution in [0.15, 0.2) is 46.0 Å². The van der Waals surface area contributed by atoms with Crippen molar-refractivity contribution >= 4 is 23.3 Å². The summed E-state index contributed by atoms with van der Waals surface area (Å²) < 4.78 is 9.77. The van der Waals surface area contributed by atoms with Crippen LogP contribution in [-0.2, 0) is 9.53 Å². The van der Waals surface area contributed by atoms with Crippen molar-refractivity contribution in [2.24, 2.45) is 10.2 Å². The van der Waals surface area contributed by atoms with Gasteiger partial charge in [-0.2, -0.15) is 5.11 Å². The molecule has 6 nitrogen and oxygen atoms in total. The maximum atomic E-state index is 11.6. The Kier molecular flexibility index (Phi) is 6.52.